The van der Waals surface area contributed by atoms with Gasteiger partial charge < -0.3 is 15.7 Å². The first-order valence-electron chi connectivity index (χ1n) is 4.24. The maximum absolute atomic E-state index is 5.74. The van der Waals surface area contributed by atoms with Gasteiger partial charge in [-0.15, -0.1) is 0 Å². The Labute approximate surface area is 70.9 Å². The fourth-order valence-corrected chi connectivity index (χ4v) is 4.11. The van der Waals surface area contributed by atoms with Gasteiger partial charge in [0.25, 0.3) is 0 Å². The Kier molecular flexibility index (Phi) is 4.91. The van der Waals surface area contributed by atoms with Crippen LogP contribution in [0, 0.1) is 0 Å². The van der Waals surface area contributed by atoms with Crippen LogP contribution in [0.4, 0.5) is 0 Å². The van der Waals surface area contributed by atoms with Crippen LogP contribution in [0.3, 0.4) is 0 Å². The number of nitrogens with one attached hydrogen (secondary N) is 2. The summed E-state index contributed by atoms with van der Waals surface area (Å²) in [6.45, 7) is 4.46. The van der Waals surface area contributed by atoms with Crippen LogP contribution >= 0.6 is 0 Å². The van der Waals surface area contributed by atoms with Gasteiger partial charge in [-0.2, -0.15) is 0 Å². The van der Waals surface area contributed by atoms with Crippen molar-refractivity contribution in [1.29, 1.82) is 0 Å². The van der Waals surface area contributed by atoms with Gasteiger partial charge >= 0.3 is 0 Å². The Bertz CT molecular complexity index is 95.6. The van der Waals surface area contributed by atoms with Crippen molar-refractivity contribution in [2.24, 2.45) is 5.73 Å². The second-order valence-corrected chi connectivity index (χ2v) is 7.32. The first kappa shape index (κ1) is 11.1. The summed E-state index contributed by atoms with van der Waals surface area (Å²) in [7, 11) is 2.46. The standard InChI is InChI=1S/C7H21N3Si/c1-5-7(2)11(6-8,9-3)10-4/h7,9-10H,5-6,8H2,1-4H3. The first-order valence-corrected chi connectivity index (χ1v) is 6.53. The molecular weight excluding hydrogens is 154 g/mol. The van der Waals surface area contributed by atoms with E-state index in [1.807, 2.05) is 14.1 Å². The van der Waals surface area contributed by atoms with Crippen LogP contribution in [-0.2, 0) is 0 Å². The van der Waals surface area contributed by atoms with Gasteiger partial charge in [0.1, 0.15) is 0 Å². The van der Waals surface area contributed by atoms with Gasteiger partial charge in [-0.1, -0.05) is 20.3 Å². The zero-order valence-electron chi connectivity index (χ0n) is 8.07. The van der Waals surface area contributed by atoms with E-state index in [9.17, 15) is 0 Å². The normalized spacial score (nSPS) is 15.0. The maximum Gasteiger partial charge on any atom is 0.217 e. The number of hydrogen-bond acceptors (Lipinski definition) is 3. The molecule has 4 heteroatoms. The lowest BCUT2D eigenvalue weighted by molar-refractivity contribution is 0.765. The highest BCUT2D eigenvalue weighted by Gasteiger charge is 2.34. The third kappa shape index (κ3) is 2.26. The molecule has 1 atom stereocenters. The van der Waals surface area contributed by atoms with Gasteiger partial charge in [0.15, 0.2) is 0 Å². The molecule has 0 rings (SSSR count). The predicted molar refractivity (Wildman–Crippen MR) is 52.6 cm³/mol. The van der Waals surface area contributed by atoms with Crippen molar-refractivity contribution in [3.05, 3.63) is 0 Å². The van der Waals surface area contributed by atoms with E-state index in [4.69, 9.17) is 5.73 Å². The number of rotatable bonds is 5. The third-order valence-electron chi connectivity index (χ3n) is 2.67. The molecule has 0 aromatic rings. The second kappa shape index (κ2) is 4.87. The van der Waals surface area contributed by atoms with E-state index in [2.05, 4.69) is 23.8 Å². The van der Waals surface area contributed by atoms with Crippen LogP contribution in [0.25, 0.3) is 0 Å². The lowest BCUT2D eigenvalue weighted by atomic mass is 10.4. The summed E-state index contributed by atoms with van der Waals surface area (Å²) in [5.74, 6) is 0. The lowest BCUT2D eigenvalue weighted by Gasteiger charge is -2.34. The summed E-state index contributed by atoms with van der Waals surface area (Å²) in [6, 6.07) is 0. The quantitative estimate of drug-likeness (QED) is 0.522. The van der Waals surface area contributed by atoms with E-state index < -0.39 is 8.40 Å². The molecule has 0 aliphatic rings. The summed E-state index contributed by atoms with van der Waals surface area (Å²) >= 11 is 0. The van der Waals surface area contributed by atoms with Crippen molar-refractivity contribution in [2.45, 2.75) is 25.8 Å². The minimum atomic E-state index is -1.54. The topological polar surface area (TPSA) is 50.1 Å². The molecule has 0 saturated heterocycles. The summed E-state index contributed by atoms with van der Waals surface area (Å²) < 4.78 is 0. The Morgan fingerprint density at radius 1 is 1.36 bits per heavy atom. The van der Waals surface area contributed by atoms with Gasteiger partial charge in [-0.25, -0.2) is 0 Å². The molecule has 3 nitrogen and oxygen atoms in total. The van der Waals surface area contributed by atoms with E-state index in [-0.39, 0.29) is 0 Å². The molecule has 0 aliphatic heterocycles. The molecule has 68 valence electrons. The molecule has 0 aliphatic carbocycles. The summed E-state index contributed by atoms with van der Waals surface area (Å²) in [5, 5.41) is 0. The summed E-state index contributed by atoms with van der Waals surface area (Å²) in [6.07, 6.45) is 1.94. The highest BCUT2D eigenvalue weighted by atomic mass is 28.3. The second-order valence-electron chi connectivity index (χ2n) is 2.98. The molecule has 0 aromatic heterocycles. The molecule has 4 N–H and O–H groups in total. The van der Waals surface area contributed by atoms with Gasteiger partial charge in [-0.05, 0) is 19.6 Å². The van der Waals surface area contributed by atoms with Crippen LogP contribution in [0.1, 0.15) is 20.3 Å². The Morgan fingerprint density at radius 2 is 1.82 bits per heavy atom. The zero-order valence-corrected chi connectivity index (χ0v) is 9.07. The molecule has 0 spiro atoms. The van der Waals surface area contributed by atoms with E-state index in [0.29, 0.717) is 5.54 Å². The molecule has 0 bridgehead atoms. The smallest absolute Gasteiger partial charge is 0.217 e. The molecule has 0 radical (unpaired) electrons. The molecule has 1 unspecified atom stereocenters. The van der Waals surface area contributed by atoms with Crippen LogP contribution in [0.5, 0.6) is 0 Å². The average Bonchev–Trinajstić information content (AvgIpc) is 2.08. The molecular formula is C7H21N3Si. The van der Waals surface area contributed by atoms with Gasteiger partial charge in [0.05, 0.1) is 0 Å². The van der Waals surface area contributed by atoms with Crippen molar-refractivity contribution in [2.75, 3.05) is 20.3 Å². The molecule has 11 heavy (non-hydrogen) atoms. The highest BCUT2D eigenvalue weighted by molar-refractivity contribution is 6.76. The third-order valence-corrected chi connectivity index (χ3v) is 7.19. The predicted octanol–water partition coefficient (Wildman–Crippen LogP) is 0.165. The number of nitrogens with two attached hydrogens (primary N) is 1. The highest BCUT2D eigenvalue weighted by Crippen LogP contribution is 2.17. The van der Waals surface area contributed by atoms with Crippen LogP contribution in [-0.4, -0.2) is 28.7 Å². The van der Waals surface area contributed by atoms with Crippen LogP contribution in [0.15, 0.2) is 0 Å². The molecule has 0 aromatic carbocycles. The minimum absolute atomic E-state index is 0.683. The van der Waals surface area contributed by atoms with Crippen LogP contribution in [0.2, 0.25) is 5.54 Å². The zero-order chi connectivity index (χ0) is 8.91. The van der Waals surface area contributed by atoms with Crippen molar-refractivity contribution in [3.63, 3.8) is 0 Å². The summed E-state index contributed by atoms with van der Waals surface area (Å²) in [4.78, 5) is 6.74. The Hall–Kier alpha value is 0.0969. The van der Waals surface area contributed by atoms with E-state index in [0.717, 1.165) is 6.17 Å². The van der Waals surface area contributed by atoms with Gasteiger partial charge in [0, 0.05) is 6.17 Å². The summed E-state index contributed by atoms with van der Waals surface area (Å²) in [5.41, 5.74) is 6.42. The van der Waals surface area contributed by atoms with Gasteiger partial charge in [-0.3, -0.25) is 0 Å². The van der Waals surface area contributed by atoms with Crippen molar-refractivity contribution in [1.82, 2.24) is 9.96 Å². The van der Waals surface area contributed by atoms with E-state index in [1.165, 1.54) is 6.42 Å². The molecule has 0 heterocycles. The first-order chi connectivity index (χ1) is 5.16. The fourth-order valence-electron chi connectivity index (χ4n) is 1.37. The van der Waals surface area contributed by atoms with E-state index in [1.54, 1.807) is 0 Å². The lowest BCUT2D eigenvalue weighted by Crippen LogP contribution is -2.67. The van der Waals surface area contributed by atoms with E-state index >= 15 is 0 Å². The Morgan fingerprint density at radius 3 is 1.91 bits per heavy atom. The minimum Gasteiger partial charge on any atom is -0.330 e. The van der Waals surface area contributed by atoms with Crippen molar-refractivity contribution >= 4 is 8.40 Å². The monoisotopic (exact) mass is 175 g/mol. The average molecular weight is 175 g/mol. The van der Waals surface area contributed by atoms with Crippen molar-refractivity contribution < 1.29 is 0 Å². The van der Waals surface area contributed by atoms with Crippen LogP contribution < -0.4 is 15.7 Å². The van der Waals surface area contributed by atoms with Crippen molar-refractivity contribution in [3.8, 4) is 0 Å². The fraction of sp³-hybridized carbons (Fsp3) is 1.00. The molecule has 0 saturated carbocycles. The molecule has 0 fully saturated rings. The molecule has 0 amide bonds. The largest absolute Gasteiger partial charge is 0.330 e. The Balaban J connectivity index is 4.26. The SMILES string of the molecule is CCC(C)[Si](CN)(NC)NC. The maximum atomic E-state index is 5.74. The van der Waals surface area contributed by atoms with Gasteiger partial charge in [0.2, 0.25) is 8.40 Å². The number of hydrogen-bond donors (Lipinski definition) is 3.